The average molecular weight is 354 g/mol. The van der Waals surface area contributed by atoms with Crippen LogP contribution in [0.2, 0.25) is 0 Å². The molecule has 5 heteroatoms. The predicted octanol–water partition coefficient (Wildman–Crippen LogP) is 4.74. The van der Waals surface area contributed by atoms with Gasteiger partial charge in [0.15, 0.2) is 0 Å². The van der Waals surface area contributed by atoms with Crippen molar-refractivity contribution in [1.29, 1.82) is 0 Å². The van der Waals surface area contributed by atoms with Crippen LogP contribution in [0.3, 0.4) is 0 Å². The second-order valence-electron chi connectivity index (χ2n) is 6.15. The third kappa shape index (κ3) is 3.12. The number of rotatable bonds is 3. The van der Waals surface area contributed by atoms with Gasteiger partial charge in [0.2, 0.25) is 0 Å². The molecule has 0 aliphatic rings. The van der Waals surface area contributed by atoms with Crippen molar-refractivity contribution >= 4 is 21.7 Å². The number of aryl methyl sites for hydroxylation is 1. The number of hydrogen-bond acceptors (Lipinski definition) is 2. The van der Waals surface area contributed by atoms with E-state index in [2.05, 4.69) is 48.6 Å². The first-order valence-corrected chi connectivity index (χ1v) is 7.88. The van der Waals surface area contributed by atoms with Gasteiger partial charge in [-0.05, 0) is 55.3 Å². The maximum absolute atomic E-state index is 13.8. The van der Waals surface area contributed by atoms with Crippen molar-refractivity contribution in [2.75, 3.05) is 5.73 Å². The Hall–Kier alpha value is -1.36. The summed E-state index contributed by atoms with van der Waals surface area (Å²) in [5, 5.41) is 0. The van der Waals surface area contributed by atoms with Gasteiger partial charge in [0.05, 0.1) is 4.47 Å². The molecule has 0 bridgehead atoms. The van der Waals surface area contributed by atoms with Crippen molar-refractivity contribution in [2.45, 2.75) is 46.1 Å². The molecule has 2 N–H and O–H groups in total. The molecule has 0 unspecified atom stereocenters. The van der Waals surface area contributed by atoms with Crippen molar-refractivity contribution in [1.82, 2.24) is 9.55 Å². The fourth-order valence-corrected chi connectivity index (χ4v) is 2.72. The van der Waals surface area contributed by atoms with Crippen LogP contribution in [0.1, 0.15) is 39.9 Å². The van der Waals surface area contributed by atoms with Gasteiger partial charge in [0.25, 0.3) is 0 Å². The van der Waals surface area contributed by atoms with Gasteiger partial charge in [-0.3, -0.25) is 0 Å². The van der Waals surface area contributed by atoms with Gasteiger partial charge in [-0.25, -0.2) is 9.37 Å². The first kappa shape index (κ1) is 16.0. The third-order valence-electron chi connectivity index (χ3n) is 3.32. The number of aromatic nitrogens is 2. The lowest BCUT2D eigenvalue weighted by molar-refractivity contribution is 0.387. The van der Waals surface area contributed by atoms with Gasteiger partial charge in [-0.2, -0.15) is 0 Å². The molecular weight excluding hydrogens is 333 g/mol. The minimum Gasteiger partial charge on any atom is -0.383 e. The second kappa shape index (κ2) is 5.79. The summed E-state index contributed by atoms with van der Waals surface area (Å²) in [6.45, 7) is 8.39. The van der Waals surface area contributed by atoms with E-state index in [0.717, 1.165) is 18.7 Å². The topological polar surface area (TPSA) is 43.8 Å². The zero-order valence-corrected chi connectivity index (χ0v) is 14.5. The molecule has 1 heterocycles. The molecule has 0 fully saturated rings. The summed E-state index contributed by atoms with van der Waals surface area (Å²) in [5.74, 6) is 1.22. The molecule has 114 valence electrons. The van der Waals surface area contributed by atoms with Crippen molar-refractivity contribution < 1.29 is 4.39 Å². The average Bonchev–Trinajstić information content (AvgIpc) is 2.70. The van der Waals surface area contributed by atoms with Crippen molar-refractivity contribution in [3.8, 4) is 11.3 Å². The van der Waals surface area contributed by atoms with Gasteiger partial charge in [0, 0.05) is 17.5 Å². The van der Waals surface area contributed by atoms with Crippen molar-refractivity contribution in [3.05, 3.63) is 34.3 Å². The van der Waals surface area contributed by atoms with Crippen molar-refractivity contribution in [2.24, 2.45) is 0 Å². The van der Waals surface area contributed by atoms with Gasteiger partial charge >= 0.3 is 0 Å². The third-order valence-corrected chi connectivity index (χ3v) is 3.96. The number of imidazole rings is 1. The molecule has 1 aromatic carbocycles. The Bertz CT molecular complexity index is 656. The molecule has 2 aromatic rings. The highest BCUT2D eigenvalue weighted by Crippen LogP contribution is 2.33. The summed E-state index contributed by atoms with van der Waals surface area (Å²) in [6, 6.07) is 4.97. The Morgan fingerprint density at radius 2 is 2.00 bits per heavy atom. The first-order valence-electron chi connectivity index (χ1n) is 7.08. The number of nitrogen functional groups attached to an aromatic ring is 1. The molecule has 0 aliphatic carbocycles. The van der Waals surface area contributed by atoms with E-state index in [1.54, 1.807) is 6.07 Å². The summed E-state index contributed by atoms with van der Waals surface area (Å²) in [4.78, 5) is 4.66. The van der Waals surface area contributed by atoms with Gasteiger partial charge in [0.1, 0.15) is 23.2 Å². The Balaban J connectivity index is 2.62. The smallest absolute Gasteiger partial charge is 0.138 e. The van der Waals surface area contributed by atoms with Crippen LogP contribution < -0.4 is 5.73 Å². The van der Waals surface area contributed by atoms with Crippen LogP contribution in [0.25, 0.3) is 11.3 Å². The SMILES string of the molecule is CCCc1nc(-c2ccc(Br)c(F)c2)c(N)n1C(C)(C)C. The van der Waals surface area contributed by atoms with E-state index in [1.165, 1.54) is 6.07 Å². The largest absolute Gasteiger partial charge is 0.383 e. The summed E-state index contributed by atoms with van der Waals surface area (Å²) in [5.41, 5.74) is 7.50. The lowest BCUT2D eigenvalue weighted by atomic mass is 10.1. The molecule has 0 aliphatic heterocycles. The highest BCUT2D eigenvalue weighted by molar-refractivity contribution is 9.10. The summed E-state index contributed by atoms with van der Waals surface area (Å²) in [7, 11) is 0. The number of benzene rings is 1. The zero-order valence-electron chi connectivity index (χ0n) is 12.9. The Labute approximate surface area is 133 Å². The first-order chi connectivity index (χ1) is 9.75. The molecule has 3 nitrogen and oxygen atoms in total. The number of anilines is 1. The minimum atomic E-state index is -0.311. The van der Waals surface area contributed by atoms with Crippen LogP contribution in [0.4, 0.5) is 10.2 Å². The van der Waals surface area contributed by atoms with E-state index in [0.29, 0.717) is 21.5 Å². The van der Waals surface area contributed by atoms with E-state index in [4.69, 9.17) is 5.73 Å². The summed E-state index contributed by atoms with van der Waals surface area (Å²) < 4.78 is 16.2. The number of halogens is 2. The Kier molecular flexibility index (Phi) is 4.42. The molecule has 21 heavy (non-hydrogen) atoms. The van der Waals surface area contributed by atoms with E-state index < -0.39 is 0 Å². The van der Waals surface area contributed by atoms with Crippen LogP contribution in [-0.2, 0) is 12.0 Å². The molecule has 0 amide bonds. The van der Waals surface area contributed by atoms with Gasteiger partial charge in [-0.15, -0.1) is 0 Å². The van der Waals surface area contributed by atoms with Crippen LogP contribution in [-0.4, -0.2) is 9.55 Å². The van der Waals surface area contributed by atoms with E-state index in [9.17, 15) is 4.39 Å². The van der Waals surface area contributed by atoms with Crippen LogP contribution in [0.5, 0.6) is 0 Å². The molecule has 2 rings (SSSR count). The van der Waals surface area contributed by atoms with Crippen LogP contribution in [0, 0.1) is 5.82 Å². The maximum atomic E-state index is 13.8. The fourth-order valence-electron chi connectivity index (χ4n) is 2.48. The lowest BCUT2D eigenvalue weighted by Crippen LogP contribution is -2.25. The summed E-state index contributed by atoms with van der Waals surface area (Å²) in [6.07, 6.45) is 1.83. The molecule has 0 spiro atoms. The maximum Gasteiger partial charge on any atom is 0.138 e. The van der Waals surface area contributed by atoms with Crippen molar-refractivity contribution in [3.63, 3.8) is 0 Å². The standard InChI is InChI=1S/C16H21BrFN3/c1-5-6-13-20-14(15(19)21(13)16(2,3)4)10-7-8-11(17)12(18)9-10/h7-9H,5-6,19H2,1-4H3. The van der Waals surface area contributed by atoms with Crippen LogP contribution >= 0.6 is 15.9 Å². The number of hydrogen-bond donors (Lipinski definition) is 1. The number of nitrogens with zero attached hydrogens (tertiary/aromatic N) is 2. The highest BCUT2D eigenvalue weighted by atomic mass is 79.9. The molecular formula is C16H21BrFN3. The molecule has 0 saturated heterocycles. The molecule has 1 aromatic heterocycles. The minimum absolute atomic E-state index is 0.159. The Morgan fingerprint density at radius 3 is 2.52 bits per heavy atom. The van der Waals surface area contributed by atoms with E-state index in [-0.39, 0.29) is 11.4 Å². The molecule has 0 atom stereocenters. The summed E-state index contributed by atoms with van der Waals surface area (Å²) >= 11 is 3.16. The normalized spacial score (nSPS) is 11.9. The molecule has 0 radical (unpaired) electrons. The predicted molar refractivity (Wildman–Crippen MR) is 88.7 cm³/mol. The lowest BCUT2D eigenvalue weighted by Gasteiger charge is -2.25. The highest BCUT2D eigenvalue weighted by Gasteiger charge is 2.24. The second-order valence-corrected chi connectivity index (χ2v) is 7.00. The number of nitrogens with two attached hydrogens (primary N) is 1. The van der Waals surface area contributed by atoms with E-state index in [1.807, 2.05) is 10.6 Å². The Morgan fingerprint density at radius 1 is 1.33 bits per heavy atom. The zero-order chi connectivity index (χ0) is 15.8. The quantitative estimate of drug-likeness (QED) is 0.865. The monoisotopic (exact) mass is 353 g/mol. The van der Waals surface area contributed by atoms with Gasteiger partial charge < -0.3 is 10.3 Å². The fraction of sp³-hybridized carbons (Fsp3) is 0.438. The van der Waals surface area contributed by atoms with Crippen LogP contribution in [0.15, 0.2) is 22.7 Å². The van der Waals surface area contributed by atoms with Gasteiger partial charge in [-0.1, -0.05) is 13.0 Å². The molecule has 0 saturated carbocycles. The van der Waals surface area contributed by atoms with E-state index >= 15 is 0 Å².